The lowest BCUT2D eigenvalue weighted by molar-refractivity contribution is -0.125. The monoisotopic (exact) mass is 355 g/mol. The lowest BCUT2D eigenvalue weighted by atomic mass is 9.47. The molecule has 2 aliphatic carbocycles. The SMILES string of the molecule is C[C@H]1CC=C2C(C#N)=C(N)C(C#N)(C#N)[C@@]3(C(=O)Nc4ccccc43)[C@@H]2C1. The van der Waals surface area contributed by atoms with Gasteiger partial charge in [0.15, 0.2) is 0 Å². The summed E-state index contributed by atoms with van der Waals surface area (Å²) in [6.45, 7) is 2.06. The molecule has 6 heteroatoms. The van der Waals surface area contributed by atoms with Crippen LogP contribution in [-0.2, 0) is 10.2 Å². The zero-order chi connectivity index (χ0) is 19.4. The van der Waals surface area contributed by atoms with E-state index in [2.05, 4.69) is 18.3 Å². The van der Waals surface area contributed by atoms with Crippen molar-refractivity contribution in [1.29, 1.82) is 15.8 Å². The topological polar surface area (TPSA) is 126 Å². The fraction of sp³-hybridized carbons (Fsp3) is 0.333. The molecule has 1 spiro atoms. The normalized spacial score (nSPS) is 30.3. The van der Waals surface area contributed by atoms with Gasteiger partial charge < -0.3 is 11.1 Å². The van der Waals surface area contributed by atoms with Crippen LogP contribution in [0.2, 0.25) is 0 Å². The van der Waals surface area contributed by atoms with Crippen LogP contribution in [0.1, 0.15) is 25.3 Å². The van der Waals surface area contributed by atoms with Crippen molar-refractivity contribution in [3.63, 3.8) is 0 Å². The van der Waals surface area contributed by atoms with Crippen molar-refractivity contribution in [2.45, 2.75) is 25.2 Å². The van der Waals surface area contributed by atoms with Crippen LogP contribution in [0, 0.1) is 51.2 Å². The molecule has 1 heterocycles. The maximum absolute atomic E-state index is 13.4. The summed E-state index contributed by atoms with van der Waals surface area (Å²) in [6, 6.07) is 13.3. The fourth-order valence-electron chi connectivity index (χ4n) is 5.04. The number of rotatable bonds is 0. The van der Waals surface area contributed by atoms with Crippen molar-refractivity contribution >= 4 is 11.6 Å². The van der Waals surface area contributed by atoms with Gasteiger partial charge in [0.2, 0.25) is 11.3 Å². The highest BCUT2D eigenvalue weighted by Crippen LogP contribution is 2.63. The number of carbonyl (C=O) groups excluding carboxylic acids is 1. The Kier molecular flexibility index (Phi) is 3.42. The zero-order valence-corrected chi connectivity index (χ0v) is 14.8. The van der Waals surface area contributed by atoms with Gasteiger partial charge in [-0.1, -0.05) is 31.2 Å². The Bertz CT molecular complexity index is 1050. The van der Waals surface area contributed by atoms with E-state index in [0.717, 1.165) is 6.42 Å². The summed E-state index contributed by atoms with van der Waals surface area (Å²) >= 11 is 0. The van der Waals surface area contributed by atoms with E-state index in [1.165, 1.54) is 0 Å². The molecule has 27 heavy (non-hydrogen) atoms. The molecule has 1 aromatic rings. The minimum Gasteiger partial charge on any atom is -0.399 e. The third kappa shape index (κ3) is 1.74. The highest BCUT2D eigenvalue weighted by Gasteiger charge is 2.71. The van der Waals surface area contributed by atoms with E-state index in [9.17, 15) is 20.6 Å². The average molecular weight is 355 g/mol. The van der Waals surface area contributed by atoms with E-state index < -0.39 is 22.7 Å². The molecule has 0 bridgehead atoms. The van der Waals surface area contributed by atoms with Crippen LogP contribution in [0.3, 0.4) is 0 Å². The first kappa shape index (κ1) is 16.9. The van der Waals surface area contributed by atoms with Crippen LogP contribution >= 0.6 is 0 Å². The molecule has 0 saturated carbocycles. The standard InChI is InChI=1S/C21H17N5O/c1-12-6-7-13-14(9-22)18(25)20(10-23,11-24)21(16(13)8-12)15-4-2-3-5-17(15)26-19(21)27/h2-5,7,12,16H,6,8,25H2,1H3,(H,26,27)/t12-,16+,21+/m0/s1. The number of nitriles is 3. The molecule has 0 radical (unpaired) electrons. The van der Waals surface area contributed by atoms with Gasteiger partial charge in [0, 0.05) is 11.6 Å². The second kappa shape index (κ2) is 5.47. The van der Waals surface area contributed by atoms with Gasteiger partial charge in [0.25, 0.3) is 0 Å². The minimum atomic E-state index is -1.95. The summed E-state index contributed by atoms with van der Waals surface area (Å²) in [5, 5.41) is 32.9. The van der Waals surface area contributed by atoms with Gasteiger partial charge in [-0.05, 0) is 36.0 Å². The lowest BCUT2D eigenvalue weighted by Gasteiger charge is -2.50. The average Bonchev–Trinajstić information content (AvgIpc) is 2.97. The number of fused-ring (bicyclic) bond motifs is 4. The first-order valence-corrected chi connectivity index (χ1v) is 8.82. The second-order valence-corrected chi connectivity index (χ2v) is 7.47. The number of allylic oxidation sites excluding steroid dienone is 4. The van der Waals surface area contributed by atoms with E-state index in [1.54, 1.807) is 24.3 Å². The van der Waals surface area contributed by atoms with Crippen molar-refractivity contribution in [1.82, 2.24) is 0 Å². The van der Waals surface area contributed by atoms with Gasteiger partial charge >= 0.3 is 0 Å². The summed E-state index contributed by atoms with van der Waals surface area (Å²) in [7, 11) is 0. The molecule has 0 fully saturated rings. The summed E-state index contributed by atoms with van der Waals surface area (Å²) < 4.78 is 0. The van der Waals surface area contributed by atoms with Crippen molar-refractivity contribution in [3.05, 3.63) is 52.7 Å². The molecule has 1 aromatic carbocycles. The van der Waals surface area contributed by atoms with E-state index in [4.69, 9.17) is 5.73 Å². The Morgan fingerprint density at radius 1 is 1.22 bits per heavy atom. The van der Waals surface area contributed by atoms with Crippen LogP contribution in [0.5, 0.6) is 0 Å². The fourth-order valence-corrected chi connectivity index (χ4v) is 5.04. The minimum absolute atomic E-state index is 0.126. The predicted molar refractivity (Wildman–Crippen MR) is 97.2 cm³/mol. The van der Waals surface area contributed by atoms with E-state index in [1.807, 2.05) is 18.2 Å². The van der Waals surface area contributed by atoms with Crippen LogP contribution in [0.15, 0.2) is 47.2 Å². The van der Waals surface area contributed by atoms with Gasteiger partial charge in [-0.2, -0.15) is 15.8 Å². The maximum Gasteiger partial charge on any atom is 0.238 e. The highest BCUT2D eigenvalue weighted by atomic mass is 16.2. The number of carbonyl (C=O) groups is 1. The summed E-state index contributed by atoms with van der Waals surface area (Å²) in [5.41, 5.74) is 4.78. The molecule has 132 valence electrons. The number of benzene rings is 1. The van der Waals surface area contributed by atoms with Crippen molar-refractivity contribution in [3.8, 4) is 18.2 Å². The van der Waals surface area contributed by atoms with E-state index >= 15 is 0 Å². The molecule has 0 unspecified atom stereocenters. The Morgan fingerprint density at radius 2 is 1.93 bits per heavy atom. The molecule has 1 aliphatic heterocycles. The number of amides is 1. The van der Waals surface area contributed by atoms with Crippen LogP contribution in [0.25, 0.3) is 0 Å². The second-order valence-electron chi connectivity index (χ2n) is 7.47. The number of nitrogens with one attached hydrogen (secondary N) is 1. The molecule has 6 nitrogen and oxygen atoms in total. The van der Waals surface area contributed by atoms with Gasteiger partial charge in [0.1, 0.15) is 11.5 Å². The third-order valence-electron chi connectivity index (χ3n) is 6.24. The number of para-hydroxylation sites is 1. The molecular weight excluding hydrogens is 338 g/mol. The molecular formula is C21H17N5O. The molecule has 0 saturated heterocycles. The van der Waals surface area contributed by atoms with Crippen LogP contribution in [0.4, 0.5) is 5.69 Å². The molecule has 1 amide bonds. The summed E-state index contributed by atoms with van der Waals surface area (Å²) in [6.07, 6.45) is 3.30. The maximum atomic E-state index is 13.4. The number of anilines is 1. The molecule has 0 aromatic heterocycles. The number of nitrogens with zero attached hydrogens (tertiary/aromatic N) is 3. The van der Waals surface area contributed by atoms with Gasteiger partial charge in [-0.25, -0.2) is 0 Å². The van der Waals surface area contributed by atoms with Crippen LogP contribution < -0.4 is 11.1 Å². The Hall–Kier alpha value is -3.56. The Labute approximate surface area is 157 Å². The van der Waals surface area contributed by atoms with Gasteiger partial charge in [-0.15, -0.1) is 0 Å². The molecule has 3 aliphatic rings. The van der Waals surface area contributed by atoms with Crippen molar-refractivity contribution in [2.24, 2.45) is 23.0 Å². The van der Waals surface area contributed by atoms with Crippen LogP contribution in [-0.4, -0.2) is 5.91 Å². The number of hydrogen-bond acceptors (Lipinski definition) is 5. The quantitative estimate of drug-likeness (QED) is 0.739. The molecule has 3 N–H and O–H groups in total. The first-order chi connectivity index (χ1) is 13.0. The summed E-state index contributed by atoms with van der Waals surface area (Å²) in [4.78, 5) is 13.4. The van der Waals surface area contributed by atoms with E-state index in [-0.39, 0.29) is 17.2 Å². The largest absolute Gasteiger partial charge is 0.399 e. The van der Waals surface area contributed by atoms with Crippen molar-refractivity contribution in [2.75, 3.05) is 5.32 Å². The molecule has 3 atom stereocenters. The highest BCUT2D eigenvalue weighted by molar-refractivity contribution is 6.09. The number of nitrogens with two attached hydrogens (primary N) is 1. The zero-order valence-electron chi connectivity index (χ0n) is 14.8. The van der Waals surface area contributed by atoms with E-state index in [0.29, 0.717) is 23.2 Å². The number of hydrogen-bond donors (Lipinski definition) is 2. The summed E-state index contributed by atoms with van der Waals surface area (Å²) in [5.74, 6) is -0.617. The Balaban J connectivity index is 2.20. The van der Waals surface area contributed by atoms with Gasteiger partial charge in [0.05, 0.1) is 23.4 Å². The van der Waals surface area contributed by atoms with Gasteiger partial charge in [-0.3, -0.25) is 4.79 Å². The lowest BCUT2D eigenvalue weighted by Crippen LogP contribution is -2.60. The Morgan fingerprint density at radius 3 is 2.59 bits per heavy atom. The first-order valence-electron chi connectivity index (χ1n) is 8.82. The predicted octanol–water partition coefficient (Wildman–Crippen LogP) is 2.63. The smallest absolute Gasteiger partial charge is 0.238 e. The third-order valence-corrected chi connectivity index (χ3v) is 6.24. The molecule has 4 rings (SSSR count). The van der Waals surface area contributed by atoms with Crippen molar-refractivity contribution < 1.29 is 4.79 Å².